The molecule has 1 aromatic carbocycles. The van der Waals surface area contributed by atoms with Crippen LogP contribution in [0.2, 0.25) is 0 Å². The van der Waals surface area contributed by atoms with Gasteiger partial charge in [0.15, 0.2) is 17.6 Å². The van der Waals surface area contributed by atoms with Crippen molar-refractivity contribution in [2.75, 3.05) is 6.79 Å². The maximum atomic E-state index is 12.9. The first-order valence-corrected chi connectivity index (χ1v) is 9.53. The largest absolute Gasteiger partial charge is 0.490 e. The lowest BCUT2D eigenvalue weighted by molar-refractivity contribution is -0.192. The average molecular weight is 459 g/mol. The predicted octanol–water partition coefficient (Wildman–Crippen LogP) is 2.99. The Labute approximate surface area is 182 Å². The smallest absolute Gasteiger partial charge is 0.481 e. The molecule has 176 valence electrons. The maximum absolute atomic E-state index is 12.9. The number of aliphatic carboxylic acids is 1. The van der Waals surface area contributed by atoms with Crippen LogP contribution < -0.4 is 14.2 Å². The molecular weight excluding hydrogens is 435 g/mol. The molecule has 0 saturated heterocycles. The second kappa shape index (κ2) is 10.2. The van der Waals surface area contributed by atoms with Gasteiger partial charge in [0.1, 0.15) is 11.6 Å². The number of halogens is 3. The van der Waals surface area contributed by atoms with Gasteiger partial charge in [0.25, 0.3) is 5.91 Å². The van der Waals surface area contributed by atoms with Gasteiger partial charge in [0, 0.05) is 31.5 Å². The Hall–Kier alpha value is -3.44. The van der Waals surface area contributed by atoms with Crippen molar-refractivity contribution in [3.63, 3.8) is 0 Å². The maximum Gasteiger partial charge on any atom is 0.490 e. The third-order valence-corrected chi connectivity index (χ3v) is 4.39. The van der Waals surface area contributed by atoms with Crippen LogP contribution in [-0.2, 0) is 23.2 Å². The fourth-order valence-electron chi connectivity index (χ4n) is 2.65. The molecule has 2 aromatic rings. The van der Waals surface area contributed by atoms with Crippen LogP contribution in [0, 0.1) is 0 Å². The van der Waals surface area contributed by atoms with Gasteiger partial charge in [-0.05, 0) is 32.9 Å². The minimum Gasteiger partial charge on any atom is -0.481 e. The van der Waals surface area contributed by atoms with Crippen LogP contribution in [0.5, 0.6) is 17.2 Å². The fourth-order valence-corrected chi connectivity index (χ4v) is 2.65. The van der Waals surface area contributed by atoms with E-state index in [1.807, 2.05) is 31.7 Å². The van der Waals surface area contributed by atoms with Gasteiger partial charge in [-0.15, -0.1) is 0 Å². The Bertz CT molecular complexity index is 945. The van der Waals surface area contributed by atoms with E-state index in [9.17, 15) is 18.0 Å². The summed E-state index contributed by atoms with van der Waals surface area (Å²) < 4.78 is 50.1. The number of imidazole rings is 1. The zero-order chi connectivity index (χ0) is 24.1. The Kier molecular flexibility index (Phi) is 7.95. The van der Waals surface area contributed by atoms with Gasteiger partial charge >= 0.3 is 12.1 Å². The van der Waals surface area contributed by atoms with Gasteiger partial charge in [-0.2, -0.15) is 13.2 Å². The molecule has 32 heavy (non-hydrogen) atoms. The number of carboxylic acid groups (broad SMARTS) is 1. The highest BCUT2D eigenvalue weighted by Gasteiger charge is 2.38. The zero-order valence-corrected chi connectivity index (χ0v) is 17.9. The summed E-state index contributed by atoms with van der Waals surface area (Å²) in [5, 5.41) is 7.12. The van der Waals surface area contributed by atoms with Crippen molar-refractivity contribution in [3.05, 3.63) is 36.4 Å². The summed E-state index contributed by atoms with van der Waals surface area (Å²) in [4.78, 5) is 27.8. The van der Waals surface area contributed by atoms with Crippen molar-refractivity contribution in [3.8, 4) is 17.2 Å². The molecule has 1 unspecified atom stereocenters. The van der Waals surface area contributed by atoms with Gasteiger partial charge in [-0.3, -0.25) is 4.79 Å². The van der Waals surface area contributed by atoms with E-state index < -0.39 is 18.2 Å². The molecule has 0 fully saturated rings. The van der Waals surface area contributed by atoms with Crippen molar-refractivity contribution >= 4 is 11.9 Å². The number of aromatic nitrogens is 2. The lowest BCUT2D eigenvalue weighted by Gasteiger charge is -2.29. The van der Waals surface area contributed by atoms with E-state index in [-0.39, 0.29) is 18.7 Å². The second-order valence-electron chi connectivity index (χ2n) is 7.09. The molecule has 0 spiro atoms. The van der Waals surface area contributed by atoms with Crippen LogP contribution in [0.4, 0.5) is 13.2 Å². The Balaban J connectivity index is 0.000000451. The molecule has 0 radical (unpaired) electrons. The summed E-state index contributed by atoms with van der Waals surface area (Å²) in [6.07, 6.45) is -2.11. The summed E-state index contributed by atoms with van der Waals surface area (Å²) >= 11 is 0. The summed E-state index contributed by atoms with van der Waals surface area (Å²) in [6, 6.07) is 5.33. The highest BCUT2D eigenvalue weighted by Crippen LogP contribution is 2.35. The highest BCUT2D eigenvalue weighted by molar-refractivity contribution is 5.81. The molecule has 1 amide bonds. The topological polar surface area (TPSA) is 103 Å². The van der Waals surface area contributed by atoms with E-state index in [1.54, 1.807) is 36.2 Å². The first-order valence-electron chi connectivity index (χ1n) is 9.53. The van der Waals surface area contributed by atoms with Crippen LogP contribution in [-0.4, -0.2) is 56.5 Å². The molecule has 1 atom stereocenters. The molecule has 9 nitrogen and oxygen atoms in total. The van der Waals surface area contributed by atoms with E-state index in [2.05, 4.69) is 4.98 Å². The number of fused-ring (bicyclic) bond motifs is 1. The fraction of sp³-hybridized carbons (Fsp3) is 0.450. The van der Waals surface area contributed by atoms with E-state index >= 15 is 0 Å². The van der Waals surface area contributed by atoms with E-state index in [0.29, 0.717) is 23.8 Å². The predicted molar refractivity (Wildman–Crippen MR) is 105 cm³/mol. The molecule has 1 N–H and O–H groups in total. The van der Waals surface area contributed by atoms with Gasteiger partial charge in [-0.25, -0.2) is 9.78 Å². The first kappa shape index (κ1) is 24.8. The number of amides is 1. The lowest BCUT2D eigenvalue weighted by atomic mass is 10.2. The van der Waals surface area contributed by atoms with E-state index in [0.717, 1.165) is 5.82 Å². The first-order chi connectivity index (χ1) is 14.9. The molecule has 2 heterocycles. The van der Waals surface area contributed by atoms with Gasteiger partial charge < -0.3 is 28.8 Å². The van der Waals surface area contributed by atoms with Crippen LogP contribution in [0.15, 0.2) is 30.6 Å². The van der Waals surface area contributed by atoms with Gasteiger partial charge in [-0.1, -0.05) is 0 Å². The summed E-state index contributed by atoms with van der Waals surface area (Å²) in [5.41, 5.74) is 0. The number of hydrogen-bond donors (Lipinski definition) is 1. The highest BCUT2D eigenvalue weighted by atomic mass is 19.4. The normalized spacial score (nSPS) is 13.2. The van der Waals surface area contributed by atoms with Crippen LogP contribution in [0.25, 0.3) is 0 Å². The molecule has 1 aliphatic heterocycles. The molecule has 1 aliphatic rings. The number of carbonyl (C=O) groups is 2. The van der Waals surface area contributed by atoms with Crippen molar-refractivity contribution < 1.29 is 42.1 Å². The number of carbonyl (C=O) groups excluding carboxylic acids is 1. The summed E-state index contributed by atoms with van der Waals surface area (Å²) in [5.74, 6) is -0.123. The molecule has 12 heteroatoms. The number of rotatable bonds is 6. The van der Waals surface area contributed by atoms with Gasteiger partial charge in [0.2, 0.25) is 6.79 Å². The molecule has 1 aromatic heterocycles. The molecule has 0 saturated carbocycles. The van der Waals surface area contributed by atoms with Crippen molar-refractivity contribution in [1.82, 2.24) is 14.5 Å². The Morgan fingerprint density at radius 3 is 2.41 bits per heavy atom. The third-order valence-electron chi connectivity index (χ3n) is 4.39. The number of ether oxygens (including phenoxy) is 3. The summed E-state index contributed by atoms with van der Waals surface area (Å²) in [7, 11) is 1.91. The Morgan fingerprint density at radius 2 is 1.88 bits per heavy atom. The minimum absolute atomic E-state index is 0.0343. The number of hydrogen-bond acceptors (Lipinski definition) is 6. The van der Waals surface area contributed by atoms with E-state index in [4.69, 9.17) is 24.1 Å². The van der Waals surface area contributed by atoms with Crippen molar-refractivity contribution in [2.24, 2.45) is 7.05 Å². The molecule has 0 aliphatic carbocycles. The Morgan fingerprint density at radius 1 is 1.25 bits per heavy atom. The van der Waals surface area contributed by atoms with E-state index in [1.165, 1.54) is 0 Å². The van der Waals surface area contributed by atoms with Crippen molar-refractivity contribution in [2.45, 2.75) is 45.6 Å². The summed E-state index contributed by atoms with van der Waals surface area (Å²) in [6.45, 7) is 6.36. The zero-order valence-electron chi connectivity index (χ0n) is 17.9. The van der Waals surface area contributed by atoms with Gasteiger partial charge in [0.05, 0.1) is 6.54 Å². The average Bonchev–Trinajstić information content (AvgIpc) is 3.33. The number of carboxylic acids is 1. The minimum atomic E-state index is -5.08. The number of alkyl halides is 3. The lowest BCUT2D eigenvalue weighted by Crippen LogP contribution is -2.44. The standard InChI is InChI=1S/C18H23N3O4.C2HF3O2/c1-12(2)21(10-17-19-7-8-20(17)4)18(22)13(3)25-14-5-6-15-16(9-14)24-11-23-15;3-2(4,5)1(6)7/h5-9,12-13H,10-11H2,1-4H3;(H,6,7). The van der Waals surface area contributed by atoms with Crippen molar-refractivity contribution in [1.29, 1.82) is 0 Å². The monoisotopic (exact) mass is 459 g/mol. The van der Waals surface area contributed by atoms with Crippen LogP contribution in [0.3, 0.4) is 0 Å². The quantitative estimate of drug-likeness (QED) is 0.708. The molecule has 0 bridgehead atoms. The molecular formula is C20H24F3N3O6. The third kappa shape index (κ3) is 6.53. The number of aryl methyl sites for hydroxylation is 1. The van der Waals surface area contributed by atoms with Crippen LogP contribution >= 0.6 is 0 Å². The SMILES string of the molecule is CC(Oc1ccc2c(c1)OCO2)C(=O)N(Cc1nccn1C)C(C)C.O=C(O)C(F)(F)F. The second-order valence-corrected chi connectivity index (χ2v) is 7.09. The van der Waals surface area contributed by atoms with Crippen LogP contribution in [0.1, 0.15) is 26.6 Å². The number of benzene rings is 1. The number of nitrogens with zero attached hydrogens (tertiary/aromatic N) is 3. The molecule has 3 rings (SSSR count).